The van der Waals surface area contributed by atoms with E-state index in [1.54, 1.807) is 0 Å². The third-order valence-corrected chi connectivity index (χ3v) is 3.72. The molecular formula is C16H26ClNO. The molecule has 0 aliphatic rings. The molecule has 1 unspecified atom stereocenters. The average molecular weight is 284 g/mol. The molecule has 0 saturated heterocycles. The number of unbranched alkanes of at least 4 members (excludes halogenated alkanes) is 4. The van der Waals surface area contributed by atoms with E-state index in [9.17, 15) is 0 Å². The number of hydrogen-bond acceptors (Lipinski definition) is 2. The van der Waals surface area contributed by atoms with Crippen LogP contribution in [0, 0.1) is 0 Å². The summed E-state index contributed by atoms with van der Waals surface area (Å²) in [5.74, 6) is 0.868. The van der Waals surface area contributed by atoms with Gasteiger partial charge in [-0.1, -0.05) is 50.3 Å². The number of benzene rings is 1. The minimum Gasteiger partial charge on any atom is -0.494 e. The molecule has 0 radical (unpaired) electrons. The lowest BCUT2D eigenvalue weighted by Gasteiger charge is -2.14. The van der Waals surface area contributed by atoms with Gasteiger partial charge < -0.3 is 10.1 Å². The van der Waals surface area contributed by atoms with Crippen molar-refractivity contribution in [1.29, 1.82) is 0 Å². The van der Waals surface area contributed by atoms with Crippen LogP contribution in [0.4, 0.5) is 0 Å². The molecule has 1 aromatic carbocycles. The lowest BCUT2D eigenvalue weighted by Crippen LogP contribution is -2.12. The van der Waals surface area contributed by atoms with Crippen LogP contribution in [0.15, 0.2) is 18.2 Å². The number of rotatable bonds is 9. The van der Waals surface area contributed by atoms with Gasteiger partial charge >= 0.3 is 0 Å². The highest BCUT2D eigenvalue weighted by Crippen LogP contribution is 2.27. The van der Waals surface area contributed by atoms with Gasteiger partial charge in [0.2, 0.25) is 0 Å². The Morgan fingerprint density at radius 3 is 2.58 bits per heavy atom. The van der Waals surface area contributed by atoms with Gasteiger partial charge in [0, 0.05) is 11.1 Å². The summed E-state index contributed by atoms with van der Waals surface area (Å²) in [5, 5.41) is 3.96. The summed E-state index contributed by atoms with van der Waals surface area (Å²) < 4.78 is 5.73. The van der Waals surface area contributed by atoms with Crippen molar-refractivity contribution >= 4 is 11.6 Å². The van der Waals surface area contributed by atoms with Gasteiger partial charge in [-0.25, -0.2) is 0 Å². The summed E-state index contributed by atoms with van der Waals surface area (Å²) >= 11 is 6.26. The molecule has 2 nitrogen and oxygen atoms in total. The van der Waals surface area contributed by atoms with Crippen molar-refractivity contribution in [2.24, 2.45) is 0 Å². The predicted molar refractivity (Wildman–Crippen MR) is 83.2 cm³/mol. The zero-order valence-corrected chi connectivity index (χ0v) is 13.1. The summed E-state index contributed by atoms with van der Waals surface area (Å²) in [6, 6.07) is 6.21. The first-order chi connectivity index (χ1) is 9.19. The van der Waals surface area contributed by atoms with E-state index in [1.807, 2.05) is 25.2 Å². The van der Waals surface area contributed by atoms with Gasteiger partial charge in [-0.2, -0.15) is 0 Å². The van der Waals surface area contributed by atoms with Crippen LogP contribution in [0.5, 0.6) is 5.75 Å². The van der Waals surface area contributed by atoms with Crippen LogP contribution in [0.2, 0.25) is 5.02 Å². The molecule has 3 heteroatoms. The van der Waals surface area contributed by atoms with Crippen molar-refractivity contribution in [3.05, 3.63) is 28.8 Å². The highest BCUT2D eigenvalue weighted by Gasteiger charge is 2.08. The van der Waals surface area contributed by atoms with E-state index >= 15 is 0 Å². The summed E-state index contributed by atoms with van der Waals surface area (Å²) in [7, 11) is 1.93. The fourth-order valence-corrected chi connectivity index (χ4v) is 2.33. The van der Waals surface area contributed by atoms with Crippen molar-refractivity contribution in [2.75, 3.05) is 13.7 Å². The van der Waals surface area contributed by atoms with Crippen LogP contribution in [-0.2, 0) is 0 Å². The molecule has 0 bridgehead atoms. The van der Waals surface area contributed by atoms with Crippen molar-refractivity contribution in [1.82, 2.24) is 5.32 Å². The van der Waals surface area contributed by atoms with Gasteiger partial charge in [0.25, 0.3) is 0 Å². The monoisotopic (exact) mass is 283 g/mol. The molecule has 0 spiro atoms. The van der Waals surface area contributed by atoms with Gasteiger partial charge in [-0.05, 0) is 38.1 Å². The maximum atomic E-state index is 6.26. The third kappa shape index (κ3) is 5.84. The summed E-state index contributed by atoms with van der Waals surface area (Å²) in [6.07, 6.45) is 6.27. The molecule has 108 valence electrons. The number of nitrogens with one attached hydrogen (secondary N) is 1. The molecule has 0 saturated carbocycles. The van der Waals surface area contributed by atoms with E-state index < -0.39 is 0 Å². The van der Waals surface area contributed by atoms with Crippen molar-refractivity contribution < 1.29 is 4.74 Å². The molecule has 0 amide bonds. The second kappa shape index (κ2) is 9.22. The van der Waals surface area contributed by atoms with Crippen LogP contribution in [0.1, 0.15) is 57.6 Å². The van der Waals surface area contributed by atoms with Crippen LogP contribution >= 0.6 is 11.6 Å². The highest BCUT2D eigenvalue weighted by molar-refractivity contribution is 6.31. The van der Waals surface area contributed by atoms with Crippen LogP contribution in [-0.4, -0.2) is 13.7 Å². The second-order valence-corrected chi connectivity index (χ2v) is 5.36. The first-order valence-electron chi connectivity index (χ1n) is 7.28. The molecule has 1 atom stereocenters. The quantitative estimate of drug-likeness (QED) is 0.646. The maximum absolute atomic E-state index is 6.26. The van der Waals surface area contributed by atoms with Gasteiger partial charge in [-0.15, -0.1) is 0 Å². The Balaban J connectivity index is 2.37. The Kier molecular flexibility index (Phi) is 7.92. The molecule has 0 aliphatic heterocycles. The van der Waals surface area contributed by atoms with Crippen molar-refractivity contribution in [3.63, 3.8) is 0 Å². The fourth-order valence-electron chi connectivity index (χ4n) is 2.00. The topological polar surface area (TPSA) is 21.3 Å². The normalized spacial score (nSPS) is 12.4. The van der Waals surface area contributed by atoms with Crippen molar-refractivity contribution in [3.8, 4) is 5.75 Å². The minimum atomic E-state index is 0.260. The van der Waals surface area contributed by atoms with Crippen molar-refractivity contribution in [2.45, 2.75) is 52.0 Å². The van der Waals surface area contributed by atoms with Crippen LogP contribution in [0.3, 0.4) is 0 Å². The molecule has 1 N–H and O–H groups in total. The fraction of sp³-hybridized carbons (Fsp3) is 0.625. The Hall–Kier alpha value is -0.730. The molecule has 1 aromatic rings. The second-order valence-electron chi connectivity index (χ2n) is 4.96. The average Bonchev–Trinajstić information content (AvgIpc) is 2.42. The van der Waals surface area contributed by atoms with E-state index in [4.69, 9.17) is 16.3 Å². The van der Waals surface area contributed by atoms with Gasteiger partial charge in [0.05, 0.1) is 6.61 Å². The molecule has 19 heavy (non-hydrogen) atoms. The Bertz CT molecular complexity index is 368. The zero-order chi connectivity index (χ0) is 14.1. The number of halogens is 1. The molecule has 0 aromatic heterocycles. The predicted octanol–water partition coefficient (Wildman–Crippen LogP) is 4.97. The SMILES string of the molecule is CCCCCCCOc1ccc(C(C)NC)c(Cl)c1. The molecule has 0 fully saturated rings. The van der Waals surface area contributed by atoms with Gasteiger partial charge in [0.15, 0.2) is 0 Å². The Morgan fingerprint density at radius 2 is 1.95 bits per heavy atom. The number of ether oxygens (including phenoxy) is 1. The van der Waals surface area contributed by atoms with E-state index in [2.05, 4.69) is 19.2 Å². The molecule has 1 rings (SSSR count). The van der Waals surface area contributed by atoms with E-state index in [0.717, 1.165) is 29.4 Å². The summed E-state index contributed by atoms with van der Waals surface area (Å²) in [6.45, 7) is 5.10. The summed E-state index contributed by atoms with van der Waals surface area (Å²) in [4.78, 5) is 0. The smallest absolute Gasteiger partial charge is 0.120 e. The first kappa shape index (κ1) is 16.3. The molecule has 0 heterocycles. The highest BCUT2D eigenvalue weighted by atomic mass is 35.5. The minimum absolute atomic E-state index is 0.260. The maximum Gasteiger partial charge on any atom is 0.120 e. The Morgan fingerprint density at radius 1 is 1.21 bits per heavy atom. The Labute approximate surface area is 122 Å². The van der Waals surface area contributed by atoms with Gasteiger partial charge in [0.1, 0.15) is 5.75 Å². The first-order valence-corrected chi connectivity index (χ1v) is 7.66. The third-order valence-electron chi connectivity index (χ3n) is 3.39. The molecular weight excluding hydrogens is 258 g/mol. The molecule has 0 aliphatic carbocycles. The lowest BCUT2D eigenvalue weighted by atomic mass is 10.1. The van der Waals surface area contributed by atoms with E-state index in [0.29, 0.717) is 0 Å². The van der Waals surface area contributed by atoms with Crippen LogP contribution < -0.4 is 10.1 Å². The van der Waals surface area contributed by atoms with Crippen LogP contribution in [0.25, 0.3) is 0 Å². The van der Waals surface area contributed by atoms with E-state index in [-0.39, 0.29) is 6.04 Å². The number of hydrogen-bond donors (Lipinski definition) is 1. The standard InChI is InChI=1S/C16H26ClNO/c1-4-5-6-7-8-11-19-14-9-10-15(13(2)18-3)16(17)12-14/h9-10,12-13,18H,4-8,11H2,1-3H3. The zero-order valence-electron chi connectivity index (χ0n) is 12.3. The summed E-state index contributed by atoms with van der Waals surface area (Å²) in [5.41, 5.74) is 1.11. The van der Waals surface area contributed by atoms with E-state index in [1.165, 1.54) is 25.7 Å². The van der Waals surface area contributed by atoms with Gasteiger partial charge in [-0.3, -0.25) is 0 Å². The largest absolute Gasteiger partial charge is 0.494 e. The lowest BCUT2D eigenvalue weighted by molar-refractivity contribution is 0.304.